The minimum Gasteiger partial charge on any atom is -0.151 e. The first-order chi connectivity index (χ1) is 9.81. The highest BCUT2D eigenvalue weighted by Crippen LogP contribution is 2.19. The van der Waals surface area contributed by atoms with Gasteiger partial charge in [0, 0.05) is 0 Å². The maximum atomic E-state index is 4.26. The van der Waals surface area contributed by atoms with Crippen LogP contribution in [-0.2, 0) is 6.42 Å². The van der Waals surface area contributed by atoms with Crippen LogP contribution in [0.2, 0.25) is 0 Å². The van der Waals surface area contributed by atoms with Crippen LogP contribution in [0.15, 0.2) is 64.8 Å². The van der Waals surface area contributed by atoms with Gasteiger partial charge >= 0.3 is 0 Å². The molecule has 2 rings (SSSR count). The van der Waals surface area contributed by atoms with Gasteiger partial charge in [-0.05, 0) is 48.7 Å². The van der Waals surface area contributed by atoms with Crippen molar-refractivity contribution in [3.8, 4) is 0 Å². The highest BCUT2D eigenvalue weighted by Gasteiger charge is 1.93. The summed E-state index contributed by atoms with van der Waals surface area (Å²) >= 11 is 0. The normalized spacial score (nSPS) is 11.5. The van der Waals surface area contributed by atoms with Gasteiger partial charge in [-0.2, -0.15) is 10.2 Å². The van der Waals surface area contributed by atoms with Gasteiger partial charge in [0.1, 0.15) is 0 Å². The summed E-state index contributed by atoms with van der Waals surface area (Å²) in [6, 6.07) is 16.3. The third-order valence-corrected chi connectivity index (χ3v) is 3.01. The van der Waals surface area contributed by atoms with Gasteiger partial charge in [-0.25, -0.2) is 0 Å². The van der Waals surface area contributed by atoms with Crippen LogP contribution in [-0.4, -0.2) is 0 Å². The van der Waals surface area contributed by atoms with Crippen LogP contribution < -0.4 is 0 Å². The van der Waals surface area contributed by atoms with Gasteiger partial charge in [0.15, 0.2) is 0 Å². The average molecular weight is 264 g/mol. The Labute approximate surface area is 120 Å². The number of aryl methyl sites for hydroxylation is 1. The largest absolute Gasteiger partial charge is 0.151 e. The molecule has 0 bridgehead atoms. The maximum Gasteiger partial charge on any atom is 0.0857 e. The van der Waals surface area contributed by atoms with E-state index in [4.69, 9.17) is 0 Å². The van der Waals surface area contributed by atoms with E-state index in [1.54, 1.807) is 0 Å². The molecule has 2 nitrogen and oxygen atoms in total. The molecule has 2 heteroatoms. The van der Waals surface area contributed by atoms with E-state index in [0.717, 1.165) is 17.8 Å². The molecule has 0 amide bonds. The molecule has 0 radical (unpaired) electrons. The summed E-state index contributed by atoms with van der Waals surface area (Å²) < 4.78 is 0. The smallest absolute Gasteiger partial charge is 0.0857 e. The lowest BCUT2D eigenvalue weighted by Crippen LogP contribution is -1.80. The van der Waals surface area contributed by atoms with Gasteiger partial charge in [0.25, 0.3) is 0 Å². The van der Waals surface area contributed by atoms with Crippen molar-refractivity contribution in [1.82, 2.24) is 0 Å². The second-order valence-corrected chi connectivity index (χ2v) is 4.71. The summed E-state index contributed by atoms with van der Waals surface area (Å²) in [7, 11) is 0. The number of nitrogens with zero attached hydrogens (tertiary/aromatic N) is 2. The topological polar surface area (TPSA) is 24.7 Å². The Morgan fingerprint density at radius 2 is 1.40 bits per heavy atom. The van der Waals surface area contributed by atoms with Crippen molar-refractivity contribution >= 4 is 17.5 Å². The molecule has 0 aliphatic carbocycles. The first-order valence-electron chi connectivity index (χ1n) is 7.05. The van der Waals surface area contributed by atoms with E-state index in [0.29, 0.717) is 0 Å². The molecule has 0 unspecified atom stereocenters. The van der Waals surface area contributed by atoms with Crippen LogP contribution in [0.4, 0.5) is 11.4 Å². The minimum absolute atomic E-state index is 0.871. The molecule has 0 saturated carbocycles. The Balaban J connectivity index is 2.04. The first-order valence-corrected chi connectivity index (χ1v) is 7.05. The molecule has 2 aromatic carbocycles. The van der Waals surface area contributed by atoms with Crippen molar-refractivity contribution in [3.63, 3.8) is 0 Å². The quantitative estimate of drug-likeness (QED) is 0.584. The number of benzene rings is 2. The Morgan fingerprint density at radius 3 is 1.90 bits per heavy atom. The van der Waals surface area contributed by atoms with E-state index in [9.17, 15) is 0 Å². The lowest BCUT2D eigenvalue weighted by atomic mass is 10.1. The summed E-state index contributed by atoms with van der Waals surface area (Å²) in [6.45, 7) is 4.20. The van der Waals surface area contributed by atoms with Crippen LogP contribution in [0, 0.1) is 0 Å². The van der Waals surface area contributed by atoms with E-state index >= 15 is 0 Å². The molecule has 0 heterocycles. The SMILES string of the molecule is C/C=C/c1ccc(N=Nc2ccc(CCC)cc2)cc1. The number of allylic oxidation sites excluding steroid dienone is 1. The fourth-order valence-electron chi connectivity index (χ4n) is 1.98. The van der Waals surface area contributed by atoms with Crippen molar-refractivity contribution < 1.29 is 0 Å². The predicted octanol–water partition coefficient (Wildman–Crippen LogP) is 6.09. The Morgan fingerprint density at radius 1 is 0.850 bits per heavy atom. The molecule has 0 fully saturated rings. The Bertz CT molecular complexity index is 578. The van der Waals surface area contributed by atoms with Crippen molar-refractivity contribution in [3.05, 3.63) is 65.7 Å². The molecule has 2 aromatic rings. The van der Waals surface area contributed by atoms with Crippen LogP contribution >= 0.6 is 0 Å². The second-order valence-electron chi connectivity index (χ2n) is 4.71. The summed E-state index contributed by atoms with van der Waals surface area (Å²) in [6.07, 6.45) is 6.37. The fourth-order valence-corrected chi connectivity index (χ4v) is 1.98. The van der Waals surface area contributed by atoms with Crippen LogP contribution in [0.5, 0.6) is 0 Å². The molecule has 0 aliphatic heterocycles. The predicted molar refractivity (Wildman–Crippen MR) is 85.8 cm³/mol. The lowest BCUT2D eigenvalue weighted by molar-refractivity contribution is 0.922. The summed E-state index contributed by atoms with van der Waals surface area (Å²) in [4.78, 5) is 0. The highest BCUT2D eigenvalue weighted by atomic mass is 15.1. The molecule has 102 valence electrons. The van der Waals surface area contributed by atoms with Gasteiger partial charge in [-0.3, -0.25) is 0 Å². The maximum absolute atomic E-state index is 4.26. The van der Waals surface area contributed by atoms with Crippen LogP contribution in [0.25, 0.3) is 6.08 Å². The molecule has 0 spiro atoms. The summed E-state index contributed by atoms with van der Waals surface area (Å²) in [5, 5.41) is 8.51. The third-order valence-electron chi connectivity index (χ3n) is 3.01. The van der Waals surface area contributed by atoms with Gasteiger partial charge in [0.2, 0.25) is 0 Å². The second kappa shape index (κ2) is 7.39. The molecule has 0 saturated heterocycles. The van der Waals surface area contributed by atoms with E-state index in [-0.39, 0.29) is 0 Å². The van der Waals surface area contributed by atoms with Crippen molar-refractivity contribution in [2.75, 3.05) is 0 Å². The van der Waals surface area contributed by atoms with E-state index < -0.39 is 0 Å². The zero-order valence-electron chi connectivity index (χ0n) is 12.1. The van der Waals surface area contributed by atoms with Crippen LogP contribution in [0.1, 0.15) is 31.4 Å². The van der Waals surface area contributed by atoms with Gasteiger partial charge in [-0.15, -0.1) is 0 Å². The van der Waals surface area contributed by atoms with Crippen molar-refractivity contribution in [2.45, 2.75) is 26.7 Å². The number of rotatable bonds is 5. The first kappa shape index (κ1) is 14.2. The third kappa shape index (κ3) is 4.16. The van der Waals surface area contributed by atoms with Crippen molar-refractivity contribution in [2.24, 2.45) is 10.2 Å². The number of hydrogen-bond donors (Lipinski definition) is 0. The minimum atomic E-state index is 0.871. The van der Waals surface area contributed by atoms with E-state index in [2.05, 4.69) is 35.4 Å². The molecular formula is C18H20N2. The molecule has 20 heavy (non-hydrogen) atoms. The molecule has 0 aliphatic rings. The number of hydrogen-bond acceptors (Lipinski definition) is 2. The summed E-state index contributed by atoms with van der Waals surface area (Å²) in [5.74, 6) is 0. The van der Waals surface area contributed by atoms with Gasteiger partial charge in [0.05, 0.1) is 11.4 Å². The zero-order chi connectivity index (χ0) is 14.2. The highest BCUT2D eigenvalue weighted by molar-refractivity contribution is 5.52. The molecule has 0 aromatic heterocycles. The van der Waals surface area contributed by atoms with E-state index in [1.807, 2.05) is 49.4 Å². The summed E-state index contributed by atoms with van der Waals surface area (Å²) in [5.41, 5.74) is 4.29. The van der Waals surface area contributed by atoms with Gasteiger partial charge in [-0.1, -0.05) is 49.8 Å². The average Bonchev–Trinajstić information content (AvgIpc) is 2.49. The number of azo groups is 1. The molecule has 0 N–H and O–H groups in total. The fraction of sp³-hybridized carbons (Fsp3) is 0.222. The monoisotopic (exact) mass is 264 g/mol. The van der Waals surface area contributed by atoms with Crippen LogP contribution in [0.3, 0.4) is 0 Å². The Hall–Kier alpha value is -2.22. The van der Waals surface area contributed by atoms with Crippen molar-refractivity contribution in [1.29, 1.82) is 0 Å². The Kier molecular flexibility index (Phi) is 5.24. The lowest BCUT2D eigenvalue weighted by Gasteiger charge is -1.98. The van der Waals surface area contributed by atoms with E-state index in [1.165, 1.54) is 17.5 Å². The van der Waals surface area contributed by atoms with Gasteiger partial charge < -0.3 is 0 Å². The molecule has 0 atom stereocenters. The zero-order valence-corrected chi connectivity index (χ0v) is 12.1. The standard InChI is InChI=1S/C18H20N2/c1-3-5-15-7-11-17(12-8-15)19-20-18-13-9-16(6-4-2)10-14-18/h3,5,7-14H,4,6H2,1-2H3/b5-3+,20-19?. The molecular weight excluding hydrogens is 244 g/mol.